The Bertz CT molecular complexity index is 425. The van der Waals surface area contributed by atoms with Crippen LogP contribution in [0.25, 0.3) is 0 Å². The van der Waals surface area contributed by atoms with Crippen LogP contribution < -0.4 is 10.6 Å². The first kappa shape index (κ1) is 15.2. The van der Waals surface area contributed by atoms with Crippen LogP contribution in [0, 0.1) is 6.92 Å². The predicted octanol–water partition coefficient (Wildman–Crippen LogP) is 0.612. The van der Waals surface area contributed by atoms with Gasteiger partial charge in [0.25, 0.3) is 5.91 Å². The first-order valence-corrected chi connectivity index (χ1v) is 6.32. The van der Waals surface area contributed by atoms with Crippen molar-refractivity contribution in [1.29, 1.82) is 0 Å². The number of amides is 2. The quantitative estimate of drug-likeness (QED) is 0.704. The fraction of sp³-hybridized carbons (Fsp3) is 0.429. The van der Waals surface area contributed by atoms with Crippen molar-refractivity contribution >= 4 is 11.8 Å². The molecule has 0 radical (unpaired) electrons. The Balaban J connectivity index is 2.41. The molecule has 0 fully saturated rings. The molecule has 1 aromatic rings. The molecule has 2 amide bonds. The van der Waals surface area contributed by atoms with Gasteiger partial charge >= 0.3 is 0 Å². The van der Waals surface area contributed by atoms with Crippen LogP contribution in [-0.2, 0) is 4.79 Å². The number of aliphatic hydroxyl groups excluding tert-OH is 1. The molecule has 1 rings (SSSR count). The van der Waals surface area contributed by atoms with Crippen LogP contribution in [0.4, 0.5) is 0 Å². The maximum atomic E-state index is 11.7. The van der Waals surface area contributed by atoms with Crippen LogP contribution in [-0.4, -0.2) is 36.1 Å². The van der Waals surface area contributed by atoms with Gasteiger partial charge in [-0.2, -0.15) is 0 Å². The van der Waals surface area contributed by atoms with Crippen LogP contribution in [0.15, 0.2) is 24.3 Å². The van der Waals surface area contributed by atoms with Gasteiger partial charge in [-0.25, -0.2) is 0 Å². The van der Waals surface area contributed by atoms with Gasteiger partial charge in [-0.15, -0.1) is 0 Å². The van der Waals surface area contributed by atoms with Gasteiger partial charge in [-0.05, 0) is 25.5 Å². The summed E-state index contributed by atoms with van der Waals surface area (Å²) in [5.41, 5.74) is 1.59. The molecule has 0 bridgehead atoms. The van der Waals surface area contributed by atoms with Gasteiger partial charge in [-0.3, -0.25) is 9.59 Å². The second-order valence-electron chi connectivity index (χ2n) is 4.40. The summed E-state index contributed by atoms with van der Waals surface area (Å²) >= 11 is 0. The highest BCUT2D eigenvalue weighted by atomic mass is 16.3. The third-order valence-corrected chi connectivity index (χ3v) is 2.80. The van der Waals surface area contributed by atoms with Gasteiger partial charge in [0.05, 0.1) is 19.2 Å². The van der Waals surface area contributed by atoms with E-state index in [0.29, 0.717) is 12.0 Å². The van der Waals surface area contributed by atoms with Crippen LogP contribution >= 0.6 is 0 Å². The SMILES string of the molecule is CC[C@H](CO)NC(=O)CNC(=O)c1ccc(C)cc1. The van der Waals surface area contributed by atoms with E-state index in [9.17, 15) is 9.59 Å². The van der Waals surface area contributed by atoms with Gasteiger partial charge in [0.1, 0.15) is 0 Å². The minimum atomic E-state index is -0.304. The normalized spacial score (nSPS) is 11.7. The Kier molecular flexibility index (Phi) is 6.02. The molecule has 0 unspecified atom stereocenters. The van der Waals surface area contributed by atoms with Gasteiger partial charge in [0.15, 0.2) is 0 Å². The summed E-state index contributed by atoms with van der Waals surface area (Å²) in [5.74, 6) is -0.589. The van der Waals surface area contributed by atoms with Gasteiger partial charge < -0.3 is 15.7 Å². The molecule has 0 aliphatic heterocycles. The lowest BCUT2D eigenvalue weighted by molar-refractivity contribution is -0.121. The Morgan fingerprint density at radius 2 is 1.89 bits per heavy atom. The molecular weight excluding hydrogens is 244 g/mol. The smallest absolute Gasteiger partial charge is 0.251 e. The average Bonchev–Trinajstić information content (AvgIpc) is 2.43. The van der Waals surface area contributed by atoms with Crippen molar-refractivity contribution < 1.29 is 14.7 Å². The fourth-order valence-corrected chi connectivity index (χ4v) is 1.52. The van der Waals surface area contributed by atoms with Crippen LogP contribution in [0.5, 0.6) is 0 Å². The molecule has 104 valence electrons. The third-order valence-electron chi connectivity index (χ3n) is 2.80. The minimum absolute atomic E-state index is 0.0940. The molecule has 1 aromatic carbocycles. The Morgan fingerprint density at radius 3 is 2.42 bits per heavy atom. The lowest BCUT2D eigenvalue weighted by Gasteiger charge is -2.14. The summed E-state index contributed by atoms with van der Waals surface area (Å²) in [6.07, 6.45) is 0.647. The van der Waals surface area contributed by atoms with E-state index in [-0.39, 0.29) is 31.0 Å². The number of rotatable bonds is 6. The average molecular weight is 264 g/mol. The molecule has 5 heteroatoms. The first-order valence-electron chi connectivity index (χ1n) is 6.32. The molecule has 5 nitrogen and oxygen atoms in total. The molecule has 19 heavy (non-hydrogen) atoms. The summed E-state index contributed by atoms with van der Waals surface area (Å²) < 4.78 is 0. The maximum Gasteiger partial charge on any atom is 0.251 e. The Morgan fingerprint density at radius 1 is 1.26 bits per heavy atom. The molecule has 0 saturated heterocycles. The van der Waals surface area contributed by atoms with E-state index in [0.717, 1.165) is 5.56 Å². The molecule has 0 aliphatic rings. The second kappa shape index (κ2) is 7.53. The highest BCUT2D eigenvalue weighted by molar-refractivity contribution is 5.96. The lowest BCUT2D eigenvalue weighted by atomic mass is 10.1. The van der Waals surface area contributed by atoms with Crippen LogP contribution in [0.2, 0.25) is 0 Å². The number of hydrogen-bond acceptors (Lipinski definition) is 3. The standard InChI is InChI=1S/C14H20N2O3/c1-3-12(9-17)16-13(18)8-15-14(19)11-6-4-10(2)5-7-11/h4-7,12,17H,3,8-9H2,1-2H3,(H,15,19)(H,16,18)/t12-/m1/s1. The van der Waals surface area contributed by atoms with Crippen LogP contribution in [0.3, 0.4) is 0 Å². The molecule has 0 spiro atoms. The van der Waals surface area contributed by atoms with E-state index in [1.54, 1.807) is 12.1 Å². The van der Waals surface area contributed by atoms with E-state index in [1.807, 2.05) is 26.0 Å². The van der Waals surface area contributed by atoms with Crippen molar-refractivity contribution in [2.75, 3.05) is 13.2 Å². The first-order chi connectivity index (χ1) is 9.06. The topological polar surface area (TPSA) is 78.4 Å². The monoisotopic (exact) mass is 264 g/mol. The highest BCUT2D eigenvalue weighted by Gasteiger charge is 2.11. The zero-order valence-electron chi connectivity index (χ0n) is 11.3. The minimum Gasteiger partial charge on any atom is -0.394 e. The van der Waals surface area contributed by atoms with Gasteiger partial charge in [-0.1, -0.05) is 24.6 Å². The molecule has 0 aliphatic carbocycles. The molecule has 3 N–H and O–H groups in total. The van der Waals surface area contributed by atoms with Crippen molar-refractivity contribution in [3.63, 3.8) is 0 Å². The number of carbonyl (C=O) groups excluding carboxylic acids is 2. The molecule has 0 heterocycles. The van der Waals surface area contributed by atoms with Gasteiger partial charge in [0, 0.05) is 5.56 Å². The van der Waals surface area contributed by atoms with E-state index in [1.165, 1.54) is 0 Å². The highest BCUT2D eigenvalue weighted by Crippen LogP contribution is 2.02. The lowest BCUT2D eigenvalue weighted by Crippen LogP contribution is -2.43. The van der Waals surface area contributed by atoms with Crippen molar-refractivity contribution in [1.82, 2.24) is 10.6 Å². The molecule has 0 saturated carbocycles. The number of aryl methyl sites for hydroxylation is 1. The third kappa shape index (κ3) is 5.09. The van der Waals surface area contributed by atoms with Crippen molar-refractivity contribution in [3.05, 3.63) is 35.4 Å². The maximum absolute atomic E-state index is 11.7. The van der Waals surface area contributed by atoms with E-state index >= 15 is 0 Å². The zero-order chi connectivity index (χ0) is 14.3. The number of aliphatic hydroxyl groups is 1. The van der Waals surface area contributed by atoms with E-state index in [4.69, 9.17) is 5.11 Å². The Hall–Kier alpha value is -1.88. The summed E-state index contributed by atoms with van der Waals surface area (Å²) in [6, 6.07) is 6.85. The number of nitrogens with one attached hydrogen (secondary N) is 2. The van der Waals surface area contributed by atoms with Crippen molar-refractivity contribution in [3.8, 4) is 0 Å². The second-order valence-corrected chi connectivity index (χ2v) is 4.40. The predicted molar refractivity (Wildman–Crippen MR) is 72.8 cm³/mol. The molecule has 1 atom stereocenters. The molecule has 0 aromatic heterocycles. The van der Waals surface area contributed by atoms with Crippen molar-refractivity contribution in [2.45, 2.75) is 26.3 Å². The summed E-state index contributed by atoms with van der Waals surface area (Å²) in [6.45, 7) is 3.61. The molecular formula is C14H20N2O3. The van der Waals surface area contributed by atoms with Crippen LogP contribution in [0.1, 0.15) is 29.3 Å². The number of benzene rings is 1. The summed E-state index contributed by atoms with van der Waals surface area (Å²) in [7, 11) is 0. The fourth-order valence-electron chi connectivity index (χ4n) is 1.52. The largest absolute Gasteiger partial charge is 0.394 e. The van der Waals surface area contributed by atoms with E-state index < -0.39 is 0 Å². The number of hydrogen-bond donors (Lipinski definition) is 3. The Labute approximate surface area is 113 Å². The summed E-state index contributed by atoms with van der Waals surface area (Å²) in [4.78, 5) is 23.3. The van der Waals surface area contributed by atoms with Crippen molar-refractivity contribution in [2.24, 2.45) is 0 Å². The number of carbonyl (C=O) groups is 2. The zero-order valence-corrected chi connectivity index (χ0v) is 11.3. The summed E-state index contributed by atoms with van der Waals surface area (Å²) in [5, 5.41) is 14.1. The van der Waals surface area contributed by atoms with Gasteiger partial charge in [0.2, 0.25) is 5.91 Å². The van der Waals surface area contributed by atoms with E-state index in [2.05, 4.69) is 10.6 Å².